The Balaban J connectivity index is 1.56. The minimum Gasteiger partial charge on any atom is -0.493 e. The first-order valence-corrected chi connectivity index (χ1v) is 9.34. The van der Waals surface area contributed by atoms with Gasteiger partial charge in [-0.05, 0) is 54.6 Å². The first kappa shape index (κ1) is 22.2. The van der Waals surface area contributed by atoms with Crippen LogP contribution in [0.3, 0.4) is 0 Å². The first-order chi connectivity index (χ1) is 15.5. The van der Waals surface area contributed by atoms with Crippen molar-refractivity contribution >= 4 is 23.4 Å². The number of ether oxygens (including phenoxy) is 2. The van der Waals surface area contributed by atoms with Crippen molar-refractivity contribution in [1.82, 2.24) is 15.8 Å². The molecule has 0 spiro atoms. The summed E-state index contributed by atoms with van der Waals surface area (Å²) >= 11 is 0. The zero-order valence-electron chi connectivity index (χ0n) is 16.9. The van der Waals surface area contributed by atoms with Gasteiger partial charge in [-0.25, -0.2) is 4.39 Å². The van der Waals surface area contributed by atoms with E-state index in [2.05, 4.69) is 21.2 Å². The van der Waals surface area contributed by atoms with Crippen LogP contribution in [0.4, 0.5) is 10.1 Å². The molecule has 1 heterocycles. The molecule has 10 heteroatoms. The maximum atomic E-state index is 12.9. The number of rotatable bonds is 7. The maximum Gasteiger partial charge on any atom is 0.288 e. The largest absolute Gasteiger partial charge is 0.493 e. The highest BCUT2D eigenvalue weighted by molar-refractivity contribution is 5.98. The first-order valence-electron chi connectivity index (χ1n) is 9.34. The van der Waals surface area contributed by atoms with E-state index in [-0.39, 0.29) is 29.4 Å². The second-order valence-corrected chi connectivity index (χ2v) is 6.33. The number of aromatic nitrogens is 1. The van der Waals surface area contributed by atoms with Crippen LogP contribution in [0, 0.1) is 5.82 Å². The molecule has 0 saturated carbocycles. The average molecular weight is 438 g/mol. The van der Waals surface area contributed by atoms with Crippen LogP contribution in [-0.4, -0.2) is 36.4 Å². The predicted octanol–water partition coefficient (Wildman–Crippen LogP) is 2.32. The summed E-state index contributed by atoms with van der Waals surface area (Å²) in [4.78, 5) is 40.2. The minimum atomic E-state index is -0.590. The van der Waals surface area contributed by atoms with Gasteiger partial charge in [-0.15, -0.1) is 0 Å². The lowest BCUT2D eigenvalue weighted by molar-refractivity contribution is -0.118. The number of nitrogens with zero attached hydrogens (tertiary/aromatic N) is 1. The van der Waals surface area contributed by atoms with Gasteiger partial charge in [-0.2, -0.15) is 0 Å². The summed E-state index contributed by atoms with van der Waals surface area (Å²) in [6.07, 6.45) is 1.46. The molecule has 3 N–H and O–H groups in total. The monoisotopic (exact) mass is 438 g/mol. The number of pyridine rings is 1. The van der Waals surface area contributed by atoms with Crippen molar-refractivity contribution in [3.05, 3.63) is 83.9 Å². The van der Waals surface area contributed by atoms with Gasteiger partial charge >= 0.3 is 0 Å². The SMILES string of the molecule is COc1cc(C(=O)NNC(=O)c2ccccn2)ccc1OCC(=O)Nc1ccc(F)cc1. The van der Waals surface area contributed by atoms with Crippen LogP contribution in [0.15, 0.2) is 66.9 Å². The van der Waals surface area contributed by atoms with Gasteiger partial charge in [-0.3, -0.25) is 30.2 Å². The number of hydrazine groups is 1. The number of nitrogens with one attached hydrogen (secondary N) is 3. The lowest BCUT2D eigenvalue weighted by Crippen LogP contribution is -2.41. The Morgan fingerprint density at radius 3 is 2.38 bits per heavy atom. The van der Waals surface area contributed by atoms with E-state index in [1.807, 2.05) is 0 Å². The summed E-state index contributed by atoms with van der Waals surface area (Å²) in [5.41, 5.74) is 5.31. The van der Waals surface area contributed by atoms with E-state index in [1.54, 1.807) is 12.1 Å². The summed E-state index contributed by atoms with van der Waals surface area (Å²) in [5.74, 6) is -1.59. The molecule has 2 aromatic carbocycles. The summed E-state index contributed by atoms with van der Waals surface area (Å²) in [6.45, 7) is -0.334. The van der Waals surface area contributed by atoms with Gasteiger partial charge in [0.1, 0.15) is 11.5 Å². The number of carbonyl (C=O) groups is 3. The Bertz CT molecular complexity index is 1110. The summed E-state index contributed by atoms with van der Waals surface area (Å²) in [7, 11) is 1.38. The predicted molar refractivity (Wildman–Crippen MR) is 113 cm³/mol. The smallest absolute Gasteiger partial charge is 0.288 e. The molecule has 0 atom stereocenters. The van der Waals surface area contributed by atoms with Crippen LogP contribution in [-0.2, 0) is 4.79 Å². The van der Waals surface area contributed by atoms with Crippen molar-refractivity contribution in [2.45, 2.75) is 0 Å². The van der Waals surface area contributed by atoms with Gasteiger partial charge in [0.15, 0.2) is 18.1 Å². The second-order valence-electron chi connectivity index (χ2n) is 6.33. The quantitative estimate of drug-likeness (QED) is 0.487. The Hall–Kier alpha value is -4.47. The average Bonchev–Trinajstić information content (AvgIpc) is 2.82. The highest BCUT2D eigenvalue weighted by Gasteiger charge is 2.14. The van der Waals surface area contributed by atoms with Gasteiger partial charge in [0.05, 0.1) is 7.11 Å². The van der Waals surface area contributed by atoms with E-state index >= 15 is 0 Å². The third kappa shape index (κ3) is 6.02. The zero-order valence-corrected chi connectivity index (χ0v) is 16.9. The lowest BCUT2D eigenvalue weighted by atomic mass is 10.2. The van der Waals surface area contributed by atoms with Gasteiger partial charge in [0, 0.05) is 17.4 Å². The molecular weight excluding hydrogens is 419 g/mol. The van der Waals surface area contributed by atoms with E-state index in [4.69, 9.17) is 9.47 Å². The molecule has 3 aromatic rings. The van der Waals surface area contributed by atoms with Crippen molar-refractivity contribution in [1.29, 1.82) is 0 Å². The fourth-order valence-corrected chi connectivity index (χ4v) is 2.55. The van der Waals surface area contributed by atoms with Crippen LogP contribution in [0.5, 0.6) is 11.5 Å². The molecule has 0 aliphatic carbocycles. The fourth-order valence-electron chi connectivity index (χ4n) is 2.55. The highest BCUT2D eigenvalue weighted by atomic mass is 19.1. The summed E-state index contributed by atoms with van der Waals surface area (Å²) in [5, 5.41) is 2.57. The van der Waals surface area contributed by atoms with Crippen LogP contribution in [0.2, 0.25) is 0 Å². The third-order valence-corrected chi connectivity index (χ3v) is 4.10. The molecule has 0 radical (unpaired) electrons. The highest BCUT2D eigenvalue weighted by Crippen LogP contribution is 2.28. The maximum absolute atomic E-state index is 12.9. The van der Waals surface area contributed by atoms with Crippen molar-refractivity contribution in [3.8, 4) is 11.5 Å². The molecule has 0 saturated heterocycles. The number of anilines is 1. The van der Waals surface area contributed by atoms with E-state index in [9.17, 15) is 18.8 Å². The van der Waals surface area contributed by atoms with Crippen LogP contribution in [0.25, 0.3) is 0 Å². The second kappa shape index (κ2) is 10.5. The number of hydrogen-bond donors (Lipinski definition) is 3. The van der Waals surface area contributed by atoms with Crippen molar-refractivity contribution in [3.63, 3.8) is 0 Å². The summed E-state index contributed by atoms with van der Waals surface area (Å²) < 4.78 is 23.6. The van der Waals surface area contributed by atoms with Gasteiger partial charge in [-0.1, -0.05) is 6.07 Å². The molecule has 1 aromatic heterocycles. The van der Waals surface area contributed by atoms with E-state index in [1.165, 1.54) is 61.8 Å². The fraction of sp³-hybridized carbons (Fsp3) is 0.0909. The normalized spacial score (nSPS) is 10.1. The number of amides is 3. The number of carbonyl (C=O) groups excluding carboxylic acids is 3. The molecule has 0 aliphatic rings. The van der Waals surface area contributed by atoms with Crippen LogP contribution >= 0.6 is 0 Å². The van der Waals surface area contributed by atoms with E-state index in [0.717, 1.165) is 0 Å². The van der Waals surface area contributed by atoms with E-state index < -0.39 is 23.5 Å². The molecule has 3 amide bonds. The van der Waals surface area contributed by atoms with Crippen molar-refractivity contribution < 1.29 is 28.2 Å². The van der Waals surface area contributed by atoms with Gasteiger partial charge in [0.25, 0.3) is 17.7 Å². The van der Waals surface area contributed by atoms with Crippen molar-refractivity contribution in [2.75, 3.05) is 19.0 Å². The molecule has 32 heavy (non-hydrogen) atoms. The molecular formula is C22H19FN4O5. The topological polar surface area (TPSA) is 119 Å². The third-order valence-electron chi connectivity index (χ3n) is 4.10. The Kier molecular flexibility index (Phi) is 7.31. The minimum absolute atomic E-state index is 0.146. The number of halogens is 1. The molecule has 0 bridgehead atoms. The van der Waals surface area contributed by atoms with Gasteiger partial charge in [0.2, 0.25) is 0 Å². The molecule has 0 unspecified atom stereocenters. The lowest BCUT2D eigenvalue weighted by Gasteiger charge is -2.13. The molecule has 0 fully saturated rings. The molecule has 9 nitrogen and oxygen atoms in total. The van der Waals surface area contributed by atoms with Gasteiger partial charge < -0.3 is 14.8 Å². The number of benzene rings is 2. The van der Waals surface area contributed by atoms with Crippen LogP contribution < -0.4 is 25.6 Å². The Morgan fingerprint density at radius 1 is 0.938 bits per heavy atom. The van der Waals surface area contributed by atoms with Crippen LogP contribution in [0.1, 0.15) is 20.8 Å². The van der Waals surface area contributed by atoms with E-state index in [0.29, 0.717) is 5.69 Å². The molecule has 0 aliphatic heterocycles. The molecule has 164 valence electrons. The zero-order chi connectivity index (χ0) is 22.9. The number of hydrogen-bond acceptors (Lipinski definition) is 6. The standard InChI is InChI=1S/C22H19FN4O5/c1-31-19-12-14(21(29)26-27-22(30)17-4-2-3-11-24-17)5-10-18(19)32-13-20(28)25-16-8-6-15(23)7-9-16/h2-12H,13H2,1H3,(H,25,28)(H,26,29)(H,27,30). The summed E-state index contributed by atoms with van der Waals surface area (Å²) in [6, 6.07) is 14.4. The van der Waals surface area contributed by atoms with Crippen molar-refractivity contribution in [2.24, 2.45) is 0 Å². The molecule has 3 rings (SSSR count). The Morgan fingerprint density at radius 2 is 1.69 bits per heavy atom. The Labute approximate surface area is 182 Å². The number of methoxy groups -OCH3 is 1.